The molecule has 0 bridgehead atoms. The molecule has 1 N–H and O–H groups in total. The first kappa shape index (κ1) is 21.2. The zero-order valence-electron chi connectivity index (χ0n) is 16.5. The van der Waals surface area contributed by atoms with E-state index in [9.17, 15) is 28.3 Å². The quantitative estimate of drug-likeness (QED) is 0.436. The summed E-state index contributed by atoms with van der Waals surface area (Å²) in [5.41, 5.74) is -0.279. The van der Waals surface area contributed by atoms with Gasteiger partial charge in [-0.3, -0.25) is 0 Å². The van der Waals surface area contributed by atoms with Gasteiger partial charge in [-0.2, -0.15) is 18.4 Å². The molecule has 1 aromatic carbocycles. The lowest BCUT2D eigenvalue weighted by atomic mass is 9.90. The monoisotopic (exact) mass is 446 g/mol. The summed E-state index contributed by atoms with van der Waals surface area (Å²) in [7, 11) is 0. The molecule has 0 amide bonds. The van der Waals surface area contributed by atoms with E-state index in [0.29, 0.717) is 35.0 Å². The average Bonchev–Trinajstić information content (AvgIpc) is 2.69. The first-order valence-corrected chi connectivity index (χ1v) is 10.6. The highest BCUT2D eigenvalue weighted by Gasteiger charge is 2.40. The van der Waals surface area contributed by atoms with Crippen LogP contribution in [0, 0.1) is 18.3 Å². The van der Waals surface area contributed by atoms with Crippen LogP contribution in [0.2, 0.25) is 0 Å². The van der Waals surface area contributed by atoms with E-state index in [1.807, 2.05) is 0 Å². The second-order valence-electron chi connectivity index (χ2n) is 7.45. The Balaban J connectivity index is 1.82. The zero-order valence-corrected chi connectivity index (χ0v) is 17.3. The van der Waals surface area contributed by atoms with Gasteiger partial charge in [0.2, 0.25) is 0 Å². The van der Waals surface area contributed by atoms with Crippen molar-refractivity contribution in [2.75, 3.05) is 0 Å². The number of nitriles is 1. The molecular formula is C22H17F3N2O3S. The Hall–Kier alpha value is -2.99. The van der Waals surface area contributed by atoms with E-state index < -0.39 is 22.9 Å². The molecule has 1 aliphatic carbocycles. The highest BCUT2D eigenvalue weighted by Crippen LogP contribution is 2.42. The number of rotatable bonds is 3. The van der Waals surface area contributed by atoms with Crippen LogP contribution in [0.15, 0.2) is 32.4 Å². The van der Waals surface area contributed by atoms with Crippen LogP contribution >= 0.6 is 11.8 Å². The third-order valence-corrected chi connectivity index (χ3v) is 6.27. The van der Waals surface area contributed by atoms with Crippen LogP contribution in [0.4, 0.5) is 13.2 Å². The predicted octanol–water partition coefficient (Wildman–Crippen LogP) is 5.26. The number of hydrogen-bond acceptors (Lipinski definition) is 6. The van der Waals surface area contributed by atoms with Crippen molar-refractivity contribution in [1.29, 1.82) is 5.26 Å². The highest BCUT2D eigenvalue weighted by molar-refractivity contribution is 7.98. The van der Waals surface area contributed by atoms with Crippen molar-refractivity contribution in [1.82, 2.24) is 4.98 Å². The van der Waals surface area contributed by atoms with Crippen molar-refractivity contribution < 1.29 is 22.7 Å². The number of nitrogens with zero attached hydrogens (tertiary/aromatic N) is 2. The number of aromatic nitrogens is 1. The van der Waals surface area contributed by atoms with Gasteiger partial charge in [0.15, 0.2) is 0 Å². The molecule has 0 saturated heterocycles. The fraction of sp³-hybridized carbons (Fsp3) is 0.318. The van der Waals surface area contributed by atoms with Crippen LogP contribution in [0.25, 0.3) is 11.0 Å². The van der Waals surface area contributed by atoms with Crippen molar-refractivity contribution in [2.45, 2.75) is 49.6 Å². The maximum atomic E-state index is 13.8. The lowest BCUT2D eigenvalue weighted by Gasteiger charge is -2.23. The lowest BCUT2D eigenvalue weighted by molar-refractivity contribution is -0.138. The van der Waals surface area contributed by atoms with Gasteiger partial charge in [0, 0.05) is 17.5 Å². The smallest absolute Gasteiger partial charge is 0.418 e. The van der Waals surface area contributed by atoms with E-state index in [0.717, 1.165) is 18.2 Å². The summed E-state index contributed by atoms with van der Waals surface area (Å²) < 4.78 is 46.7. The average molecular weight is 446 g/mol. The Morgan fingerprint density at radius 2 is 2.00 bits per heavy atom. The van der Waals surface area contributed by atoms with E-state index in [1.165, 1.54) is 12.1 Å². The Morgan fingerprint density at radius 3 is 2.71 bits per heavy atom. The first-order chi connectivity index (χ1) is 14.7. The molecule has 0 unspecified atom stereocenters. The van der Waals surface area contributed by atoms with Gasteiger partial charge in [-0.15, -0.1) is 11.8 Å². The molecule has 2 heterocycles. The second-order valence-corrected chi connectivity index (χ2v) is 8.41. The SMILES string of the molecule is Cc1cc(O)c2c(CSc3nc4c(c(C(F)(F)F)c3C#N)CCCC4)cc(=O)oc2c1. The van der Waals surface area contributed by atoms with Crippen LogP contribution in [-0.2, 0) is 24.8 Å². The molecule has 4 rings (SSSR count). The summed E-state index contributed by atoms with van der Waals surface area (Å²) in [5.74, 6) is -0.0551. The Labute approximate surface area is 179 Å². The molecule has 9 heteroatoms. The molecule has 2 aromatic heterocycles. The second kappa shape index (κ2) is 7.93. The Kier molecular flexibility index (Phi) is 5.43. The van der Waals surface area contributed by atoms with E-state index in [-0.39, 0.29) is 34.1 Å². The molecule has 0 atom stereocenters. The van der Waals surface area contributed by atoms with Gasteiger partial charge >= 0.3 is 11.8 Å². The van der Waals surface area contributed by atoms with Gasteiger partial charge in [-0.05, 0) is 61.4 Å². The summed E-state index contributed by atoms with van der Waals surface area (Å²) in [4.78, 5) is 16.4. The highest BCUT2D eigenvalue weighted by atomic mass is 32.2. The number of aryl methyl sites for hydroxylation is 2. The third-order valence-electron chi connectivity index (χ3n) is 5.25. The van der Waals surface area contributed by atoms with Crippen molar-refractivity contribution in [3.8, 4) is 11.8 Å². The van der Waals surface area contributed by atoms with Crippen LogP contribution in [-0.4, -0.2) is 10.1 Å². The van der Waals surface area contributed by atoms with Crippen molar-refractivity contribution in [3.05, 3.63) is 62.1 Å². The zero-order chi connectivity index (χ0) is 22.3. The van der Waals surface area contributed by atoms with E-state index in [2.05, 4.69) is 4.98 Å². The van der Waals surface area contributed by atoms with Crippen LogP contribution in [0.3, 0.4) is 0 Å². The Bertz CT molecular complexity index is 1290. The van der Waals surface area contributed by atoms with E-state index in [4.69, 9.17) is 4.42 Å². The van der Waals surface area contributed by atoms with E-state index >= 15 is 0 Å². The molecule has 0 fully saturated rings. The summed E-state index contributed by atoms with van der Waals surface area (Å²) in [6.45, 7) is 1.73. The number of hydrogen-bond donors (Lipinski definition) is 1. The maximum Gasteiger partial charge on any atom is 0.418 e. The largest absolute Gasteiger partial charge is 0.507 e. The molecule has 0 saturated carbocycles. The molecule has 31 heavy (non-hydrogen) atoms. The minimum atomic E-state index is -4.67. The molecule has 0 radical (unpaired) electrons. The maximum absolute atomic E-state index is 13.8. The van der Waals surface area contributed by atoms with Gasteiger partial charge in [-0.25, -0.2) is 9.78 Å². The number of halogens is 3. The standard InChI is InChI=1S/C22H17F3N2O3S/c1-11-6-16(28)19-12(8-18(29)30-17(19)7-11)10-31-21-14(9-26)20(22(23,24)25)13-4-2-3-5-15(13)27-21/h6-8,28H,2-5,10H2,1H3. The number of phenolic OH excluding ortho intramolecular Hbond substituents is 1. The van der Waals surface area contributed by atoms with Gasteiger partial charge in [0.25, 0.3) is 0 Å². The first-order valence-electron chi connectivity index (χ1n) is 9.61. The van der Waals surface area contributed by atoms with Gasteiger partial charge in [0.1, 0.15) is 22.4 Å². The minimum Gasteiger partial charge on any atom is -0.507 e. The molecule has 0 aliphatic heterocycles. The molecule has 3 aromatic rings. The number of fused-ring (bicyclic) bond motifs is 2. The molecular weight excluding hydrogens is 429 g/mol. The van der Waals surface area contributed by atoms with Gasteiger partial charge in [0.05, 0.1) is 16.5 Å². The fourth-order valence-corrected chi connectivity index (χ4v) is 4.98. The van der Waals surface area contributed by atoms with Crippen LogP contribution in [0.5, 0.6) is 5.75 Å². The Morgan fingerprint density at radius 1 is 1.26 bits per heavy atom. The van der Waals surface area contributed by atoms with Gasteiger partial charge < -0.3 is 9.52 Å². The number of aromatic hydroxyl groups is 1. The summed E-state index contributed by atoms with van der Waals surface area (Å²) in [6.07, 6.45) is -2.63. The summed E-state index contributed by atoms with van der Waals surface area (Å²) in [6, 6.07) is 6.00. The van der Waals surface area contributed by atoms with Crippen molar-refractivity contribution in [2.24, 2.45) is 0 Å². The van der Waals surface area contributed by atoms with Crippen molar-refractivity contribution in [3.63, 3.8) is 0 Å². The number of thioether (sulfide) groups is 1. The van der Waals surface area contributed by atoms with Gasteiger partial charge in [-0.1, -0.05) is 0 Å². The number of phenols is 1. The topological polar surface area (TPSA) is 87.1 Å². The number of alkyl halides is 3. The van der Waals surface area contributed by atoms with Crippen LogP contribution < -0.4 is 5.63 Å². The predicted molar refractivity (Wildman–Crippen MR) is 109 cm³/mol. The molecule has 1 aliphatic rings. The van der Waals surface area contributed by atoms with E-state index in [1.54, 1.807) is 19.1 Å². The number of benzene rings is 1. The molecule has 0 spiro atoms. The normalized spacial score (nSPS) is 13.8. The summed E-state index contributed by atoms with van der Waals surface area (Å²) >= 11 is 0.939. The van der Waals surface area contributed by atoms with Crippen LogP contribution in [0.1, 0.15) is 46.4 Å². The minimum absolute atomic E-state index is 0.0246. The summed E-state index contributed by atoms with van der Waals surface area (Å²) in [5, 5.41) is 20.2. The fourth-order valence-electron chi connectivity index (χ4n) is 3.99. The lowest BCUT2D eigenvalue weighted by Crippen LogP contribution is -2.19. The number of pyridine rings is 1. The molecule has 5 nitrogen and oxygen atoms in total. The molecule has 160 valence electrons. The van der Waals surface area contributed by atoms with Crippen molar-refractivity contribution >= 4 is 22.7 Å². The third kappa shape index (κ3) is 4.00.